The minimum atomic E-state index is -0.930. The average molecular weight is 324 g/mol. The SMILES string of the molecule is C[C@H]1CC[C@H](c2ccc(F)c(OCCN(C)C)c2)N(C(=O)O)C1. The third kappa shape index (κ3) is 4.58. The Morgan fingerprint density at radius 3 is 2.83 bits per heavy atom. The van der Waals surface area contributed by atoms with Gasteiger partial charge in [0.2, 0.25) is 0 Å². The van der Waals surface area contributed by atoms with E-state index in [0.29, 0.717) is 25.6 Å². The van der Waals surface area contributed by atoms with Crippen molar-refractivity contribution < 1.29 is 19.0 Å². The lowest BCUT2D eigenvalue weighted by Gasteiger charge is -2.37. The first-order valence-electron chi connectivity index (χ1n) is 7.95. The van der Waals surface area contributed by atoms with E-state index in [4.69, 9.17) is 4.74 Å². The fourth-order valence-electron chi connectivity index (χ4n) is 2.89. The number of carbonyl (C=O) groups is 1. The summed E-state index contributed by atoms with van der Waals surface area (Å²) in [5, 5.41) is 9.43. The van der Waals surface area contributed by atoms with Crippen LogP contribution in [0.1, 0.15) is 31.4 Å². The van der Waals surface area contributed by atoms with Crippen molar-refractivity contribution in [2.45, 2.75) is 25.8 Å². The van der Waals surface area contributed by atoms with Crippen LogP contribution in [0.2, 0.25) is 0 Å². The molecular formula is C17H25FN2O3. The summed E-state index contributed by atoms with van der Waals surface area (Å²) in [4.78, 5) is 14.9. The quantitative estimate of drug-likeness (QED) is 0.903. The third-order valence-electron chi connectivity index (χ3n) is 4.20. The molecule has 0 bridgehead atoms. The molecule has 2 rings (SSSR count). The lowest BCUT2D eigenvalue weighted by atomic mass is 9.90. The molecule has 1 aliphatic heterocycles. The van der Waals surface area contributed by atoms with Gasteiger partial charge in [-0.2, -0.15) is 0 Å². The summed E-state index contributed by atoms with van der Waals surface area (Å²) in [7, 11) is 3.84. The molecular weight excluding hydrogens is 299 g/mol. The molecule has 1 aliphatic rings. The lowest BCUT2D eigenvalue weighted by molar-refractivity contribution is 0.0898. The van der Waals surface area contributed by atoms with Gasteiger partial charge in [-0.15, -0.1) is 0 Å². The fraction of sp³-hybridized carbons (Fsp3) is 0.588. The summed E-state index contributed by atoms with van der Waals surface area (Å²) in [5.74, 6) is 0.116. The van der Waals surface area contributed by atoms with Gasteiger partial charge in [-0.25, -0.2) is 9.18 Å². The Morgan fingerprint density at radius 2 is 2.17 bits per heavy atom. The van der Waals surface area contributed by atoms with Crippen molar-refractivity contribution >= 4 is 6.09 Å². The Kier molecular flexibility index (Phi) is 5.82. The lowest BCUT2D eigenvalue weighted by Crippen LogP contribution is -2.40. The van der Waals surface area contributed by atoms with Crippen LogP contribution in [-0.4, -0.2) is 54.8 Å². The maximum atomic E-state index is 13.9. The van der Waals surface area contributed by atoms with Crippen LogP contribution >= 0.6 is 0 Å². The van der Waals surface area contributed by atoms with Crippen molar-refractivity contribution in [3.63, 3.8) is 0 Å². The predicted molar refractivity (Wildman–Crippen MR) is 86.3 cm³/mol. The highest BCUT2D eigenvalue weighted by Crippen LogP contribution is 2.35. The molecule has 1 heterocycles. The highest BCUT2D eigenvalue weighted by molar-refractivity contribution is 5.66. The van der Waals surface area contributed by atoms with Crippen molar-refractivity contribution in [1.29, 1.82) is 0 Å². The average Bonchev–Trinajstić information content (AvgIpc) is 2.49. The van der Waals surface area contributed by atoms with Gasteiger partial charge in [0, 0.05) is 13.1 Å². The second kappa shape index (κ2) is 7.64. The smallest absolute Gasteiger partial charge is 0.407 e. The normalized spacial score (nSPS) is 21.5. The number of amides is 1. The summed E-state index contributed by atoms with van der Waals surface area (Å²) in [6, 6.07) is 4.42. The Labute approximate surface area is 136 Å². The number of likely N-dealkylation sites (tertiary alicyclic amines) is 1. The highest BCUT2D eigenvalue weighted by Gasteiger charge is 2.31. The monoisotopic (exact) mass is 324 g/mol. The van der Waals surface area contributed by atoms with Crippen LogP contribution in [0, 0.1) is 11.7 Å². The summed E-state index contributed by atoms with van der Waals surface area (Å²) in [5.41, 5.74) is 0.792. The largest absolute Gasteiger partial charge is 0.489 e. The molecule has 0 spiro atoms. The number of carboxylic acid groups (broad SMARTS) is 1. The van der Waals surface area contributed by atoms with Crippen LogP contribution in [0.15, 0.2) is 18.2 Å². The summed E-state index contributed by atoms with van der Waals surface area (Å²) in [6.07, 6.45) is 0.778. The molecule has 5 nitrogen and oxygen atoms in total. The van der Waals surface area contributed by atoms with E-state index >= 15 is 0 Å². The van der Waals surface area contributed by atoms with E-state index in [9.17, 15) is 14.3 Å². The molecule has 0 aromatic heterocycles. The number of likely N-dealkylation sites (N-methyl/N-ethyl adjacent to an activating group) is 1. The van der Waals surface area contributed by atoms with E-state index in [-0.39, 0.29) is 11.8 Å². The Hall–Kier alpha value is -1.82. The first kappa shape index (κ1) is 17.5. The molecule has 1 fully saturated rings. The van der Waals surface area contributed by atoms with E-state index in [1.54, 1.807) is 12.1 Å². The molecule has 0 radical (unpaired) electrons. The van der Waals surface area contributed by atoms with Gasteiger partial charge in [0.15, 0.2) is 11.6 Å². The second-order valence-electron chi connectivity index (χ2n) is 6.47. The van der Waals surface area contributed by atoms with E-state index in [2.05, 4.69) is 0 Å². The molecule has 1 aromatic rings. The van der Waals surface area contributed by atoms with E-state index in [1.165, 1.54) is 11.0 Å². The molecule has 1 amide bonds. The fourth-order valence-corrected chi connectivity index (χ4v) is 2.89. The Morgan fingerprint density at radius 1 is 1.43 bits per heavy atom. The van der Waals surface area contributed by atoms with Gasteiger partial charge >= 0.3 is 6.09 Å². The van der Waals surface area contributed by atoms with Crippen LogP contribution in [-0.2, 0) is 0 Å². The predicted octanol–water partition coefficient (Wildman–Crippen LogP) is 3.22. The number of halogens is 1. The summed E-state index contributed by atoms with van der Waals surface area (Å²) < 4.78 is 19.4. The topological polar surface area (TPSA) is 53.0 Å². The maximum absolute atomic E-state index is 13.9. The van der Waals surface area contributed by atoms with Gasteiger partial charge < -0.3 is 19.6 Å². The van der Waals surface area contributed by atoms with Crippen molar-refractivity contribution in [3.05, 3.63) is 29.6 Å². The summed E-state index contributed by atoms with van der Waals surface area (Å²) in [6.45, 7) is 3.63. The zero-order valence-corrected chi connectivity index (χ0v) is 14.0. The van der Waals surface area contributed by atoms with Crippen LogP contribution in [0.4, 0.5) is 9.18 Å². The van der Waals surface area contributed by atoms with Gasteiger partial charge in [-0.05, 0) is 50.6 Å². The molecule has 128 valence electrons. The number of hydrogen-bond acceptors (Lipinski definition) is 3. The van der Waals surface area contributed by atoms with E-state index < -0.39 is 11.9 Å². The molecule has 0 unspecified atom stereocenters. The van der Waals surface area contributed by atoms with Crippen LogP contribution in [0.25, 0.3) is 0 Å². The van der Waals surface area contributed by atoms with Crippen molar-refractivity contribution in [2.75, 3.05) is 33.8 Å². The van der Waals surface area contributed by atoms with Crippen LogP contribution < -0.4 is 4.74 Å². The Bertz CT molecular complexity index is 551. The standard InChI is InChI=1S/C17H25FN2O3/c1-12-4-7-15(20(11-12)17(21)22)13-5-6-14(18)16(10-13)23-9-8-19(2)3/h5-6,10,12,15H,4,7-9,11H2,1-3H3,(H,21,22)/t12-,15+/m0/s1. The minimum absolute atomic E-state index is 0.188. The third-order valence-corrected chi connectivity index (χ3v) is 4.20. The van der Waals surface area contributed by atoms with Crippen LogP contribution in [0.3, 0.4) is 0 Å². The summed E-state index contributed by atoms with van der Waals surface area (Å²) >= 11 is 0. The van der Waals surface area contributed by atoms with Gasteiger partial charge in [0.25, 0.3) is 0 Å². The van der Waals surface area contributed by atoms with E-state index in [0.717, 1.165) is 18.4 Å². The van der Waals surface area contributed by atoms with Gasteiger partial charge in [-0.3, -0.25) is 0 Å². The van der Waals surface area contributed by atoms with E-state index in [1.807, 2.05) is 25.9 Å². The zero-order valence-electron chi connectivity index (χ0n) is 14.0. The zero-order chi connectivity index (χ0) is 17.0. The van der Waals surface area contributed by atoms with Crippen molar-refractivity contribution in [3.8, 4) is 5.75 Å². The molecule has 0 saturated carbocycles. The van der Waals surface area contributed by atoms with Gasteiger partial charge in [0.05, 0.1) is 6.04 Å². The molecule has 1 aromatic carbocycles. The van der Waals surface area contributed by atoms with Crippen molar-refractivity contribution in [2.24, 2.45) is 5.92 Å². The molecule has 1 saturated heterocycles. The van der Waals surface area contributed by atoms with Gasteiger partial charge in [-0.1, -0.05) is 13.0 Å². The van der Waals surface area contributed by atoms with Crippen LogP contribution in [0.5, 0.6) is 5.75 Å². The molecule has 6 heteroatoms. The van der Waals surface area contributed by atoms with Gasteiger partial charge in [0.1, 0.15) is 6.61 Å². The first-order chi connectivity index (χ1) is 10.9. The number of benzene rings is 1. The van der Waals surface area contributed by atoms with Crippen molar-refractivity contribution in [1.82, 2.24) is 9.80 Å². The molecule has 2 atom stereocenters. The minimum Gasteiger partial charge on any atom is -0.489 e. The molecule has 0 aliphatic carbocycles. The number of nitrogens with zero attached hydrogens (tertiary/aromatic N) is 2. The number of hydrogen-bond donors (Lipinski definition) is 1. The highest BCUT2D eigenvalue weighted by atomic mass is 19.1. The molecule has 1 N–H and O–H groups in total. The maximum Gasteiger partial charge on any atom is 0.407 e. The number of rotatable bonds is 5. The number of ether oxygens (including phenoxy) is 1. The first-order valence-corrected chi connectivity index (χ1v) is 7.95. The second-order valence-corrected chi connectivity index (χ2v) is 6.47. The molecule has 23 heavy (non-hydrogen) atoms. The Balaban J connectivity index is 2.16. The number of piperidine rings is 1.